The van der Waals surface area contributed by atoms with Crippen LogP contribution in [0.4, 0.5) is 0 Å². The number of hydrogen-bond acceptors (Lipinski definition) is 4. The van der Waals surface area contributed by atoms with Gasteiger partial charge in [0.2, 0.25) is 6.08 Å². The average molecular weight is 194 g/mol. The van der Waals surface area contributed by atoms with Gasteiger partial charge in [0.25, 0.3) is 6.26 Å². The number of carbonyl (C=O) groups excluding carboxylic acids is 1. The highest BCUT2D eigenvalue weighted by Gasteiger charge is 2.37. The smallest absolute Gasteiger partial charge is 0.286 e. The Morgan fingerprint density at radius 3 is 3.07 bits per heavy atom. The molecule has 1 saturated carbocycles. The summed E-state index contributed by atoms with van der Waals surface area (Å²) in [5.74, 6) is 0.164. The van der Waals surface area contributed by atoms with E-state index in [1.54, 1.807) is 12.3 Å². The van der Waals surface area contributed by atoms with Crippen LogP contribution in [-0.2, 0) is 9.53 Å². The van der Waals surface area contributed by atoms with Gasteiger partial charge in [-0.1, -0.05) is 12.8 Å². The van der Waals surface area contributed by atoms with E-state index in [0.29, 0.717) is 6.61 Å². The molecule has 1 aliphatic carbocycles. The van der Waals surface area contributed by atoms with Gasteiger partial charge < -0.3 is 4.74 Å². The van der Waals surface area contributed by atoms with Crippen molar-refractivity contribution in [2.75, 3.05) is 6.61 Å². The van der Waals surface area contributed by atoms with Gasteiger partial charge in [0, 0.05) is 5.92 Å². The summed E-state index contributed by atoms with van der Waals surface area (Å²) in [7, 11) is 0. The van der Waals surface area contributed by atoms with Crippen molar-refractivity contribution < 1.29 is 9.53 Å². The lowest BCUT2D eigenvalue weighted by Crippen LogP contribution is -2.38. The lowest BCUT2D eigenvalue weighted by molar-refractivity contribution is 0.116. The van der Waals surface area contributed by atoms with Crippen molar-refractivity contribution >= 4 is 6.08 Å². The van der Waals surface area contributed by atoms with E-state index in [1.807, 2.05) is 6.92 Å². The summed E-state index contributed by atoms with van der Waals surface area (Å²) in [5.41, 5.74) is -0.378. The summed E-state index contributed by atoms with van der Waals surface area (Å²) in [4.78, 5) is 14.2. The van der Waals surface area contributed by atoms with E-state index in [-0.39, 0.29) is 11.5 Å². The van der Waals surface area contributed by atoms with Gasteiger partial charge in [0.1, 0.15) is 6.61 Å². The fraction of sp³-hybridized carbons (Fsp3) is 0.800. The molecule has 0 aromatic rings. The number of hydrogen-bond donors (Lipinski definition) is 0. The molecule has 4 nitrogen and oxygen atoms in total. The van der Waals surface area contributed by atoms with Crippen LogP contribution in [0, 0.1) is 17.4 Å². The van der Waals surface area contributed by atoms with E-state index in [0.717, 1.165) is 25.7 Å². The molecule has 76 valence electrons. The standard InChI is InChI=1S/C10H14N2O2/c1-10(12-8-13)5-3-2-4-9(10)6-14-7-11/h9H,2-6H2,1H3. The molecule has 0 saturated heterocycles. The van der Waals surface area contributed by atoms with Gasteiger partial charge in [-0.25, -0.2) is 4.79 Å². The number of rotatable bonds is 3. The number of nitrogens with zero attached hydrogens (tertiary/aromatic N) is 2. The van der Waals surface area contributed by atoms with E-state index in [4.69, 9.17) is 10.00 Å². The Labute approximate surface area is 83.6 Å². The maximum atomic E-state index is 10.3. The molecule has 0 bridgehead atoms. The van der Waals surface area contributed by atoms with Crippen LogP contribution >= 0.6 is 0 Å². The first-order chi connectivity index (χ1) is 6.73. The summed E-state index contributed by atoms with van der Waals surface area (Å²) < 4.78 is 4.73. The molecule has 1 fully saturated rings. The molecule has 0 aliphatic heterocycles. The third-order valence-corrected chi connectivity index (χ3v) is 3.02. The minimum atomic E-state index is -0.378. The van der Waals surface area contributed by atoms with Gasteiger partial charge >= 0.3 is 0 Å². The normalized spacial score (nSPS) is 31.3. The summed E-state index contributed by atoms with van der Waals surface area (Å²) in [6.45, 7) is 2.29. The second-order valence-electron chi connectivity index (χ2n) is 3.91. The van der Waals surface area contributed by atoms with E-state index < -0.39 is 0 Å². The topological polar surface area (TPSA) is 62.4 Å². The quantitative estimate of drug-likeness (QED) is 0.390. The SMILES string of the molecule is CC1(N=C=O)CCCCC1COC#N. The van der Waals surface area contributed by atoms with Gasteiger partial charge in [0.15, 0.2) is 0 Å². The second-order valence-corrected chi connectivity index (χ2v) is 3.91. The lowest BCUT2D eigenvalue weighted by Gasteiger charge is -2.36. The van der Waals surface area contributed by atoms with Crippen LogP contribution in [0.1, 0.15) is 32.6 Å². The Hall–Kier alpha value is -1.33. The van der Waals surface area contributed by atoms with Gasteiger partial charge in [0.05, 0.1) is 5.54 Å². The van der Waals surface area contributed by atoms with Crippen molar-refractivity contribution in [3.8, 4) is 6.26 Å². The van der Waals surface area contributed by atoms with Crippen LogP contribution in [0.5, 0.6) is 0 Å². The third kappa shape index (κ3) is 2.34. The summed E-state index contributed by atoms with van der Waals surface area (Å²) in [6, 6.07) is 0. The predicted octanol–water partition coefficient (Wildman–Crippen LogP) is 1.77. The zero-order chi connectivity index (χ0) is 10.4. The minimum absolute atomic E-state index is 0.164. The van der Waals surface area contributed by atoms with Crippen LogP contribution in [0.3, 0.4) is 0 Å². The maximum Gasteiger partial charge on any atom is 0.286 e. The molecule has 0 aromatic carbocycles. The van der Waals surface area contributed by atoms with Gasteiger partial charge in [-0.15, -0.1) is 0 Å². The molecule has 14 heavy (non-hydrogen) atoms. The third-order valence-electron chi connectivity index (χ3n) is 3.02. The van der Waals surface area contributed by atoms with Crippen LogP contribution in [0.15, 0.2) is 4.99 Å². The number of nitriles is 1. The van der Waals surface area contributed by atoms with Crippen LogP contribution in [-0.4, -0.2) is 18.2 Å². The van der Waals surface area contributed by atoms with Gasteiger partial charge in [-0.05, 0) is 19.8 Å². The minimum Gasteiger partial charge on any atom is -0.427 e. The first-order valence-electron chi connectivity index (χ1n) is 4.83. The highest BCUT2D eigenvalue weighted by atomic mass is 16.5. The van der Waals surface area contributed by atoms with Gasteiger partial charge in [-0.3, -0.25) is 0 Å². The molecule has 0 heterocycles. The second kappa shape index (κ2) is 4.78. The molecule has 1 rings (SSSR count). The molecular formula is C10H14N2O2. The Morgan fingerprint density at radius 2 is 2.43 bits per heavy atom. The molecule has 0 N–H and O–H groups in total. The first-order valence-corrected chi connectivity index (χ1v) is 4.83. The van der Waals surface area contributed by atoms with Crippen LogP contribution < -0.4 is 0 Å². The van der Waals surface area contributed by atoms with Crippen molar-refractivity contribution in [2.45, 2.75) is 38.1 Å². The molecule has 0 spiro atoms. The molecule has 2 atom stereocenters. The molecule has 0 amide bonds. The summed E-state index contributed by atoms with van der Waals surface area (Å²) in [6.07, 6.45) is 7.30. The Bertz CT molecular complexity index is 278. The monoisotopic (exact) mass is 194 g/mol. The largest absolute Gasteiger partial charge is 0.427 e. The first kappa shape index (κ1) is 10.7. The van der Waals surface area contributed by atoms with Gasteiger partial charge in [-0.2, -0.15) is 10.3 Å². The van der Waals surface area contributed by atoms with E-state index >= 15 is 0 Å². The van der Waals surface area contributed by atoms with Crippen molar-refractivity contribution in [1.82, 2.24) is 0 Å². The summed E-state index contributed by atoms with van der Waals surface area (Å²) >= 11 is 0. The number of ether oxygens (including phenoxy) is 1. The molecular weight excluding hydrogens is 180 g/mol. The van der Waals surface area contributed by atoms with Crippen molar-refractivity contribution in [3.05, 3.63) is 0 Å². The Balaban J connectivity index is 2.68. The highest BCUT2D eigenvalue weighted by Crippen LogP contribution is 2.36. The van der Waals surface area contributed by atoms with E-state index in [1.165, 1.54) is 0 Å². The summed E-state index contributed by atoms with van der Waals surface area (Å²) in [5, 5.41) is 8.32. The van der Waals surface area contributed by atoms with E-state index in [2.05, 4.69) is 4.99 Å². The fourth-order valence-corrected chi connectivity index (χ4v) is 2.04. The average Bonchev–Trinajstić information content (AvgIpc) is 2.17. The molecule has 1 aliphatic rings. The number of aliphatic imine (C=N–C) groups is 1. The molecule has 2 unspecified atom stereocenters. The molecule has 0 aromatic heterocycles. The van der Waals surface area contributed by atoms with Crippen LogP contribution in [0.2, 0.25) is 0 Å². The zero-order valence-corrected chi connectivity index (χ0v) is 8.32. The van der Waals surface area contributed by atoms with Crippen molar-refractivity contribution in [2.24, 2.45) is 10.9 Å². The predicted molar refractivity (Wildman–Crippen MR) is 50.0 cm³/mol. The Morgan fingerprint density at radius 1 is 1.64 bits per heavy atom. The van der Waals surface area contributed by atoms with Crippen molar-refractivity contribution in [3.63, 3.8) is 0 Å². The van der Waals surface area contributed by atoms with Crippen molar-refractivity contribution in [1.29, 1.82) is 5.26 Å². The maximum absolute atomic E-state index is 10.3. The zero-order valence-electron chi connectivity index (χ0n) is 8.32. The fourth-order valence-electron chi connectivity index (χ4n) is 2.04. The highest BCUT2D eigenvalue weighted by molar-refractivity contribution is 5.35. The molecule has 0 radical (unpaired) electrons. The van der Waals surface area contributed by atoms with Crippen LogP contribution in [0.25, 0.3) is 0 Å². The lowest BCUT2D eigenvalue weighted by atomic mass is 9.75. The number of isocyanates is 1. The molecule has 4 heteroatoms. The van der Waals surface area contributed by atoms with E-state index in [9.17, 15) is 4.79 Å². The Kier molecular flexibility index (Phi) is 3.67.